The Labute approximate surface area is 196 Å². The molecule has 0 aliphatic carbocycles. The van der Waals surface area contributed by atoms with Crippen LogP contribution < -0.4 is 10.2 Å². The molecule has 3 N–H and O–H groups in total. The van der Waals surface area contributed by atoms with E-state index in [1.54, 1.807) is 23.2 Å². The molecule has 3 aromatic carbocycles. The summed E-state index contributed by atoms with van der Waals surface area (Å²) < 4.78 is 0. The van der Waals surface area contributed by atoms with Crippen molar-refractivity contribution in [3.63, 3.8) is 0 Å². The summed E-state index contributed by atoms with van der Waals surface area (Å²) in [4.78, 5) is 26.0. The molecule has 0 bridgehead atoms. The normalized spacial score (nSPS) is 14.5. The zero-order chi connectivity index (χ0) is 23.7. The first kappa shape index (κ1) is 22.2. The van der Waals surface area contributed by atoms with E-state index in [9.17, 15) is 14.7 Å². The number of carbonyl (C=O) groups excluding carboxylic acids is 1. The average Bonchev–Trinajstić information content (AvgIpc) is 3.03. The topological polar surface area (TPSA) is 89.9 Å². The summed E-state index contributed by atoms with van der Waals surface area (Å²) >= 11 is 5.65. The number of phenols is 1. The van der Waals surface area contributed by atoms with E-state index in [0.717, 1.165) is 28.1 Å². The summed E-state index contributed by atoms with van der Waals surface area (Å²) in [6.07, 6.45) is 2.81. The molecule has 6 nitrogen and oxygen atoms in total. The second kappa shape index (κ2) is 8.84. The second-order valence-corrected chi connectivity index (χ2v) is 8.19. The van der Waals surface area contributed by atoms with Crippen LogP contribution in [0.2, 0.25) is 0 Å². The van der Waals surface area contributed by atoms with Crippen molar-refractivity contribution in [2.75, 3.05) is 10.2 Å². The number of aromatic hydroxyl groups is 1. The molecule has 33 heavy (non-hydrogen) atoms. The van der Waals surface area contributed by atoms with Crippen molar-refractivity contribution in [3.8, 4) is 5.75 Å². The lowest BCUT2D eigenvalue weighted by molar-refractivity contribution is -0.131. The van der Waals surface area contributed by atoms with Gasteiger partial charge in [0.25, 0.3) is 5.91 Å². The minimum atomic E-state index is -1.25. The van der Waals surface area contributed by atoms with Crippen LogP contribution in [0, 0.1) is 13.8 Å². The van der Waals surface area contributed by atoms with Crippen LogP contribution in [0.5, 0.6) is 5.75 Å². The van der Waals surface area contributed by atoms with Gasteiger partial charge in [0.05, 0.1) is 16.9 Å². The Bertz CT molecular complexity index is 1320. The molecule has 0 fully saturated rings. The Balaban J connectivity index is 1.67. The number of hydrogen-bond donors (Lipinski definition) is 3. The highest BCUT2D eigenvalue weighted by atomic mass is 35.5. The van der Waals surface area contributed by atoms with Crippen LogP contribution in [0.3, 0.4) is 0 Å². The maximum Gasteiger partial charge on any atom is 0.347 e. The molecule has 4 rings (SSSR count). The number of para-hydroxylation sites is 1. The number of phenolic OH excluding ortho intramolecular Hbond substituents is 1. The number of halogens is 1. The summed E-state index contributed by atoms with van der Waals surface area (Å²) in [5.74, 6) is -1.55. The Morgan fingerprint density at radius 2 is 1.73 bits per heavy atom. The monoisotopic (exact) mass is 460 g/mol. The molecule has 0 aromatic heterocycles. The number of anilines is 3. The highest BCUT2D eigenvalue weighted by Crippen LogP contribution is 2.42. The standard InChI is InChI=1S/C26H21ClN2O4/c1-15-9-16(2)11-18(10-15)29-23-6-4-3-5-19(23)20(25(29)31)14-28-22-8-7-17(13-24(22)30)12-21(27)26(32)33/h3-14,28,30H,1-2H3,(H,32,33). The molecule has 3 aromatic rings. The molecule has 0 atom stereocenters. The molecule has 1 amide bonds. The average molecular weight is 461 g/mol. The molecule has 1 aliphatic heterocycles. The van der Waals surface area contributed by atoms with Gasteiger partial charge in [-0.3, -0.25) is 9.69 Å². The molecule has 0 radical (unpaired) electrons. The van der Waals surface area contributed by atoms with Crippen LogP contribution in [-0.4, -0.2) is 22.1 Å². The lowest BCUT2D eigenvalue weighted by Gasteiger charge is -2.18. The van der Waals surface area contributed by atoms with Crippen LogP contribution in [0.1, 0.15) is 22.3 Å². The van der Waals surface area contributed by atoms with Crippen LogP contribution in [-0.2, 0) is 9.59 Å². The van der Waals surface area contributed by atoms with Gasteiger partial charge in [-0.05, 0) is 66.9 Å². The predicted octanol–water partition coefficient (Wildman–Crippen LogP) is 5.80. The van der Waals surface area contributed by atoms with E-state index in [2.05, 4.69) is 11.4 Å². The van der Waals surface area contributed by atoms with Gasteiger partial charge in [-0.1, -0.05) is 41.9 Å². The van der Waals surface area contributed by atoms with Crippen molar-refractivity contribution in [2.45, 2.75) is 13.8 Å². The number of carboxylic acids is 1. The number of aryl methyl sites for hydroxylation is 2. The molecule has 0 unspecified atom stereocenters. The number of benzene rings is 3. The Kier molecular flexibility index (Phi) is 5.94. The number of amides is 1. The van der Waals surface area contributed by atoms with Crippen LogP contribution in [0.15, 0.2) is 71.9 Å². The molecule has 1 aliphatic rings. The first-order valence-corrected chi connectivity index (χ1v) is 10.5. The Morgan fingerprint density at radius 3 is 2.39 bits per heavy atom. The number of rotatable bonds is 5. The first-order valence-electron chi connectivity index (χ1n) is 10.2. The molecular weight excluding hydrogens is 440 g/mol. The van der Waals surface area contributed by atoms with Gasteiger partial charge in [0, 0.05) is 17.5 Å². The fraction of sp³-hybridized carbons (Fsp3) is 0.0769. The maximum atomic E-state index is 13.4. The number of aliphatic carboxylic acids is 1. The van der Waals surface area contributed by atoms with Gasteiger partial charge in [-0.15, -0.1) is 0 Å². The second-order valence-electron chi connectivity index (χ2n) is 7.78. The van der Waals surface area contributed by atoms with E-state index in [1.165, 1.54) is 12.1 Å². The van der Waals surface area contributed by atoms with Gasteiger partial charge < -0.3 is 15.5 Å². The van der Waals surface area contributed by atoms with Crippen molar-refractivity contribution < 1.29 is 19.8 Å². The van der Waals surface area contributed by atoms with Gasteiger partial charge in [-0.2, -0.15) is 0 Å². The SMILES string of the molecule is Cc1cc(C)cc(N2C(=O)C(=CNc3ccc(C=C(Cl)C(=O)O)cc3O)c3ccccc32)c1. The highest BCUT2D eigenvalue weighted by molar-refractivity contribution is 6.43. The van der Waals surface area contributed by atoms with Crippen molar-refractivity contribution in [2.24, 2.45) is 0 Å². The van der Waals surface area contributed by atoms with Crippen LogP contribution in [0.4, 0.5) is 17.1 Å². The van der Waals surface area contributed by atoms with E-state index in [1.807, 2.05) is 50.2 Å². The van der Waals surface area contributed by atoms with Gasteiger partial charge in [0.1, 0.15) is 10.8 Å². The lowest BCUT2D eigenvalue weighted by atomic mass is 10.1. The Morgan fingerprint density at radius 1 is 1.03 bits per heavy atom. The third kappa shape index (κ3) is 4.47. The van der Waals surface area contributed by atoms with Crippen molar-refractivity contribution in [3.05, 3.63) is 94.1 Å². The predicted molar refractivity (Wildman–Crippen MR) is 131 cm³/mol. The van der Waals surface area contributed by atoms with E-state index >= 15 is 0 Å². The largest absolute Gasteiger partial charge is 0.506 e. The molecule has 0 saturated carbocycles. The molecular formula is C26H21ClN2O4. The van der Waals surface area contributed by atoms with Gasteiger partial charge >= 0.3 is 5.97 Å². The zero-order valence-corrected chi connectivity index (χ0v) is 18.7. The smallest absolute Gasteiger partial charge is 0.347 e. The number of fused-ring (bicyclic) bond motifs is 1. The number of nitrogens with one attached hydrogen (secondary N) is 1. The lowest BCUT2D eigenvalue weighted by Crippen LogP contribution is -2.21. The van der Waals surface area contributed by atoms with Crippen molar-refractivity contribution in [1.82, 2.24) is 0 Å². The number of carbonyl (C=O) groups is 2. The third-order valence-corrected chi connectivity index (χ3v) is 5.50. The highest BCUT2D eigenvalue weighted by Gasteiger charge is 2.33. The minimum absolute atomic E-state index is 0.111. The van der Waals surface area contributed by atoms with Crippen molar-refractivity contribution >= 4 is 52.2 Å². The summed E-state index contributed by atoms with van der Waals surface area (Å²) in [5.41, 5.74) is 5.74. The molecule has 7 heteroatoms. The van der Waals surface area contributed by atoms with Gasteiger partial charge in [-0.25, -0.2) is 4.79 Å². The van der Waals surface area contributed by atoms with Gasteiger partial charge in [0.15, 0.2) is 0 Å². The van der Waals surface area contributed by atoms with Crippen LogP contribution in [0.25, 0.3) is 11.6 Å². The van der Waals surface area contributed by atoms with E-state index in [4.69, 9.17) is 16.7 Å². The van der Waals surface area contributed by atoms with E-state index < -0.39 is 5.97 Å². The number of hydrogen-bond acceptors (Lipinski definition) is 4. The van der Waals surface area contributed by atoms with E-state index in [-0.39, 0.29) is 16.7 Å². The zero-order valence-electron chi connectivity index (χ0n) is 18.0. The fourth-order valence-corrected chi connectivity index (χ4v) is 3.96. The first-order chi connectivity index (χ1) is 15.7. The molecule has 0 saturated heterocycles. The summed E-state index contributed by atoms with van der Waals surface area (Å²) in [5, 5.41) is 21.9. The molecule has 1 heterocycles. The molecule has 166 valence electrons. The van der Waals surface area contributed by atoms with Crippen LogP contribution >= 0.6 is 11.6 Å². The van der Waals surface area contributed by atoms with Gasteiger partial charge in [0.2, 0.25) is 0 Å². The minimum Gasteiger partial charge on any atom is -0.506 e. The summed E-state index contributed by atoms with van der Waals surface area (Å²) in [6, 6.07) is 18.1. The molecule has 0 spiro atoms. The Hall–Kier alpha value is -4.03. The quantitative estimate of drug-likeness (QED) is 0.330. The third-order valence-electron chi connectivity index (χ3n) is 5.22. The number of carboxylic acid groups (broad SMARTS) is 1. The van der Waals surface area contributed by atoms with Crippen molar-refractivity contribution in [1.29, 1.82) is 0 Å². The summed E-state index contributed by atoms with van der Waals surface area (Å²) in [7, 11) is 0. The van der Waals surface area contributed by atoms with E-state index in [0.29, 0.717) is 16.8 Å². The maximum absolute atomic E-state index is 13.4. The summed E-state index contributed by atoms with van der Waals surface area (Å²) in [6.45, 7) is 3.99. The number of nitrogens with zero attached hydrogens (tertiary/aromatic N) is 1. The fourth-order valence-electron chi connectivity index (χ4n) is 3.84.